The van der Waals surface area contributed by atoms with Crippen LogP contribution in [0.2, 0.25) is 10.0 Å². The van der Waals surface area contributed by atoms with Gasteiger partial charge in [-0.15, -0.1) is 0 Å². The van der Waals surface area contributed by atoms with Gasteiger partial charge in [0.05, 0.1) is 22.9 Å². The van der Waals surface area contributed by atoms with E-state index in [2.05, 4.69) is 10.3 Å². The minimum Gasteiger partial charge on any atom is -0.347 e. The van der Waals surface area contributed by atoms with E-state index in [0.717, 1.165) is 22.4 Å². The molecule has 0 saturated carbocycles. The fourth-order valence-corrected chi connectivity index (χ4v) is 6.66. The van der Waals surface area contributed by atoms with Gasteiger partial charge in [-0.05, 0) is 44.9 Å². The second-order valence-electron chi connectivity index (χ2n) is 9.37. The van der Waals surface area contributed by atoms with Crippen molar-refractivity contribution in [3.63, 3.8) is 0 Å². The van der Waals surface area contributed by atoms with Crippen LogP contribution in [0.25, 0.3) is 28.0 Å². The van der Waals surface area contributed by atoms with Crippen molar-refractivity contribution in [1.82, 2.24) is 19.9 Å². The van der Waals surface area contributed by atoms with E-state index in [0.29, 0.717) is 39.8 Å². The Balaban J connectivity index is 1.65. The molecule has 7 nitrogen and oxygen atoms in total. The van der Waals surface area contributed by atoms with Crippen molar-refractivity contribution < 1.29 is 13.2 Å². The Labute approximate surface area is 219 Å². The maximum atomic E-state index is 13.5. The number of fused-ring (bicyclic) bond motifs is 1. The highest BCUT2D eigenvalue weighted by Gasteiger charge is 2.36. The first kappa shape index (κ1) is 24.7. The first-order valence-electron chi connectivity index (χ1n) is 11.5. The van der Waals surface area contributed by atoms with Gasteiger partial charge in [0.15, 0.2) is 5.65 Å². The zero-order valence-corrected chi connectivity index (χ0v) is 22.1. The van der Waals surface area contributed by atoms with Crippen LogP contribution in [-0.4, -0.2) is 46.0 Å². The van der Waals surface area contributed by atoms with Crippen LogP contribution in [0.15, 0.2) is 54.7 Å². The summed E-state index contributed by atoms with van der Waals surface area (Å²) in [5.74, 6) is -0.223. The molecular weight excluding hydrogens is 519 g/mol. The number of nitrogens with one attached hydrogen (secondary N) is 1. The van der Waals surface area contributed by atoms with Gasteiger partial charge in [0.2, 0.25) is 0 Å². The monoisotopic (exact) mass is 542 g/mol. The Hall–Kier alpha value is -2.94. The number of aromatic nitrogens is 3. The SMILES string of the molecule is Cc1nn2c(-c3ccc(Cl)cc3)c(-c3ccccc3Cl)cnc2c1C(=O)NC1(C)CCS(=O)(=O)CC1. The molecule has 186 valence electrons. The minimum atomic E-state index is -3.06. The van der Waals surface area contributed by atoms with Crippen molar-refractivity contribution in [2.24, 2.45) is 0 Å². The summed E-state index contributed by atoms with van der Waals surface area (Å²) in [6, 6.07) is 14.8. The number of carbonyl (C=O) groups is 1. The first-order valence-corrected chi connectivity index (χ1v) is 14.1. The average molecular weight is 543 g/mol. The maximum Gasteiger partial charge on any atom is 0.257 e. The number of hydrogen-bond donors (Lipinski definition) is 1. The smallest absolute Gasteiger partial charge is 0.257 e. The molecule has 1 fully saturated rings. The van der Waals surface area contributed by atoms with Crippen molar-refractivity contribution in [3.8, 4) is 22.4 Å². The third kappa shape index (κ3) is 4.61. The van der Waals surface area contributed by atoms with Gasteiger partial charge in [-0.25, -0.2) is 17.9 Å². The van der Waals surface area contributed by atoms with Crippen molar-refractivity contribution in [2.75, 3.05) is 11.5 Å². The number of sulfone groups is 1. The normalized spacial score (nSPS) is 16.7. The molecule has 1 N–H and O–H groups in total. The molecule has 2 aromatic carbocycles. The average Bonchev–Trinajstić information content (AvgIpc) is 3.18. The molecule has 10 heteroatoms. The Morgan fingerprint density at radius 3 is 2.36 bits per heavy atom. The summed E-state index contributed by atoms with van der Waals surface area (Å²) < 4.78 is 25.5. The van der Waals surface area contributed by atoms with E-state index < -0.39 is 15.4 Å². The van der Waals surface area contributed by atoms with Gasteiger partial charge in [-0.1, -0.05) is 53.5 Å². The van der Waals surface area contributed by atoms with E-state index in [9.17, 15) is 13.2 Å². The predicted octanol–water partition coefficient (Wildman–Crippen LogP) is 5.38. The number of amides is 1. The van der Waals surface area contributed by atoms with E-state index in [-0.39, 0.29) is 17.4 Å². The number of halogens is 2. The van der Waals surface area contributed by atoms with Crippen LogP contribution < -0.4 is 5.32 Å². The number of benzene rings is 2. The lowest BCUT2D eigenvalue weighted by molar-refractivity contribution is 0.0900. The largest absolute Gasteiger partial charge is 0.347 e. The predicted molar refractivity (Wildman–Crippen MR) is 142 cm³/mol. The Kier molecular flexibility index (Phi) is 6.31. The Bertz CT molecular complexity index is 1580. The Morgan fingerprint density at radius 1 is 1.03 bits per heavy atom. The molecule has 1 aliphatic heterocycles. The molecule has 36 heavy (non-hydrogen) atoms. The van der Waals surface area contributed by atoms with Crippen LogP contribution in [0.5, 0.6) is 0 Å². The molecule has 2 aromatic heterocycles. The lowest BCUT2D eigenvalue weighted by Gasteiger charge is -2.34. The summed E-state index contributed by atoms with van der Waals surface area (Å²) in [6.45, 7) is 3.64. The van der Waals surface area contributed by atoms with Gasteiger partial charge in [0.1, 0.15) is 15.4 Å². The summed E-state index contributed by atoms with van der Waals surface area (Å²) in [5.41, 5.74) is 3.74. The van der Waals surface area contributed by atoms with Crippen LogP contribution in [-0.2, 0) is 9.84 Å². The summed E-state index contributed by atoms with van der Waals surface area (Å²) in [6.07, 6.45) is 2.42. The molecule has 1 amide bonds. The zero-order chi connectivity index (χ0) is 25.7. The molecular formula is C26H24Cl2N4O3S. The van der Waals surface area contributed by atoms with Gasteiger partial charge < -0.3 is 5.32 Å². The third-order valence-corrected chi connectivity index (χ3v) is 8.91. The zero-order valence-electron chi connectivity index (χ0n) is 19.8. The van der Waals surface area contributed by atoms with Gasteiger partial charge in [-0.3, -0.25) is 4.79 Å². The second-order valence-corrected chi connectivity index (χ2v) is 12.5. The van der Waals surface area contributed by atoms with Crippen LogP contribution in [0.3, 0.4) is 0 Å². The van der Waals surface area contributed by atoms with Gasteiger partial charge in [0, 0.05) is 38.5 Å². The van der Waals surface area contributed by atoms with E-state index in [1.54, 1.807) is 29.8 Å². The van der Waals surface area contributed by atoms with Crippen LogP contribution >= 0.6 is 23.2 Å². The van der Waals surface area contributed by atoms with Gasteiger partial charge in [-0.2, -0.15) is 5.10 Å². The maximum absolute atomic E-state index is 13.5. The van der Waals surface area contributed by atoms with E-state index in [1.807, 2.05) is 43.3 Å². The molecule has 0 bridgehead atoms. The highest BCUT2D eigenvalue weighted by Crippen LogP contribution is 2.37. The molecule has 4 aromatic rings. The van der Waals surface area contributed by atoms with Gasteiger partial charge >= 0.3 is 0 Å². The molecule has 0 atom stereocenters. The fraction of sp³-hybridized carbons (Fsp3) is 0.269. The summed E-state index contributed by atoms with van der Waals surface area (Å²) in [4.78, 5) is 18.1. The number of carbonyl (C=O) groups excluding carboxylic acids is 1. The summed E-state index contributed by atoms with van der Waals surface area (Å²) in [5, 5.41) is 8.93. The number of rotatable bonds is 4. The van der Waals surface area contributed by atoms with Crippen molar-refractivity contribution in [3.05, 3.63) is 76.0 Å². The van der Waals surface area contributed by atoms with E-state index in [4.69, 9.17) is 28.3 Å². The quantitative estimate of drug-likeness (QED) is 0.373. The lowest BCUT2D eigenvalue weighted by atomic mass is 9.94. The molecule has 5 rings (SSSR count). The van der Waals surface area contributed by atoms with Gasteiger partial charge in [0.25, 0.3) is 5.91 Å². The highest BCUT2D eigenvalue weighted by molar-refractivity contribution is 7.91. The Morgan fingerprint density at radius 2 is 1.69 bits per heavy atom. The molecule has 0 radical (unpaired) electrons. The summed E-state index contributed by atoms with van der Waals surface area (Å²) >= 11 is 12.7. The number of nitrogens with zero attached hydrogens (tertiary/aromatic N) is 3. The first-order chi connectivity index (χ1) is 17.1. The van der Waals surface area contributed by atoms with Crippen LogP contribution in [0.1, 0.15) is 35.8 Å². The minimum absolute atomic E-state index is 0.0533. The van der Waals surface area contributed by atoms with Crippen molar-refractivity contribution in [2.45, 2.75) is 32.2 Å². The van der Waals surface area contributed by atoms with Crippen LogP contribution in [0.4, 0.5) is 0 Å². The third-order valence-electron chi connectivity index (χ3n) is 6.67. The van der Waals surface area contributed by atoms with Crippen LogP contribution in [0, 0.1) is 6.92 Å². The molecule has 0 aliphatic carbocycles. The van der Waals surface area contributed by atoms with E-state index >= 15 is 0 Å². The summed E-state index contributed by atoms with van der Waals surface area (Å²) in [7, 11) is -3.06. The molecule has 0 unspecified atom stereocenters. The topological polar surface area (TPSA) is 93.4 Å². The number of aryl methyl sites for hydroxylation is 1. The molecule has 1 aliphatic rings. The highest BCUT2D eigenvalue weighted by atomic mass is 35.5. The number of hydrogen-bond acceptors (Lipinski definition) is 5. The van der Waals surface area contributed by atoms with E-state index in [1.165, 1.54) is 0 Å². The molecule has 1 saturated heterocycles. The second kappa shape index (κ2) is 9.18. The molecule has 3 heterocycles. The van der Waals surface area contributed by atoms with Crippen molar-refractivity contribution >= 4 is 44.6 Å². The molecule has 0 spiro atoms. The lowest BCUT2D eigenvalue weighted by Crippen LogP contribution is -2.51. The fourth-order valence-electron chi connectivity index (χ4n) is 4.57. The standard InChI is InChI=1S/C26H24Cl2N4O3S/c1-16-22(25(33)30-26(2)11-13-36(34,35)14-12-26)24-29-15-20(19-5-3-4-6-21(19)28)23(32(24)31-16)17-7-9-18(27)10-8-17/h3-10,15H,11-14H2,1-2H3,(H,30,33). The van der Waals surface area contributed by atoms with Crippen molar-refractivity contribution in [1.29, 1.82) is 0 Å².